The second-order valence-electron chi connectivity index (χ2n) is 18.1. The van der Waals surface area contributed by atoms with Crippen LogP contribution in [0.2, 0.25) is 0 Å². The van der Waals surface area contributed by atoms with Crippen LogP contribution in [0.1, 0.15) is 245 Å². The van der Waals surface area contributed by atoms with Crippen LogP contribution in [0.15, 0.2) is 109 Å². The van der Waals surface area contributed by atoms with Gasteiger partial charge >= 0.3 is 17.9 Å². The van der Waals surface area contributed by atoms with E-state index in [2.05, 4.69) is 118 Å². The number of ether oxygens (including phenoxy) is 3. The number of allylic oxidation sites excluding steroid dienone is 18. The van der Waals surface area contributed by atoms with E-state index in [9.17, 15) is 14.4 Å². The van der Waals surface area contributed by atoms with Crippen molar-refractivity contribution in [2.45, 2.75) is 252 Å². The lowest BCUT2D eigenvalue weighted by Crippen LogP contribution is -2.30. The number of carbonyl (C=O) groups excluding carboxylic acids is 3. The van der Waals surface area contributed by atoms with Gasteiger partial charge in [0.25, 0.3) is 0 Å². The van der Waals surface area contributed by atoms with Crippen molar-refractivity contribution < 1.29 is 28.6 Å². The van der Waals surface area contributed by atoms with Gasteiger partial charge in [0, 0.05) is 19.3 Å². The van der Waals surface area contributed by atoms with E-state index in [1.54, 1.807) is 0 Å². The largest absolute Gasteiger partial charge is 0.462 e. The minimum absolute atomic E-state index is 0.115. The molecule has 0 aromatic heterocycles. The Labute approximate surface area is 419 Å². The van der Waals surface area contributed by atoms with Gasteiger partial charge in [-0.15, -0.1) is 0 Å². The third kappa shape index (κ3) is 53.0. The van der Waals surface area contributed by atoms with E-state index in [1.807, 2.05) is 12.2 Å². The van der Waals surface area contributed by atoms with Crippen molar-refractivity contribution in [1.29, 1.82) is 0 Å². The zero-order valence-corrected chi connectivity index (χ0v) is 44.1. The van der Waals surface area contributed by atoms with Crippen molar-refractivity contribution in [2.24, 2.45) is 0 Å². The van der Waals surface area contributed by atoms with Gasteiger partial charge in [-0.05, 0) is 109 Å². The molecule has 0 aromatic rings. The standard InChI is InChI=1S/C62H102O6/c1-4-7-10-13-16-19-22-24-26-28-30-31-33-34-36-38-40-43-46-49-52-55-61(64)67-58-59(57-66-60(63)54-51-48-45-42-21-18-15-12-9-6-3)68-62(65)56-53-50-47-44-41-39-37-35-32-29-27-25-23-20-17-14-11-8-5-2/h8,11-12,15,17,20,22,24-25,27-28,30,32,35,39,41,47,50,59H,4-7,9-10,13-14,16,18-19,21,23,26,29,31,33-34,36-38,40,42-46,48-49,51-58H2,1-3H3/b11-8-,15-12-,20-17-,24-22-,27-25-,30-28-,35-32-,41-39-,50-47-. The molecule has 0 aliphatic carbocycles. The molecule has 0 aliphatic heterocycles. The fourth-order valence-corrected chi connectivity index (χ4v) is 7.32. The van der Waals surface area contributed by atoms with E-state index in [0.717, 1.165) is 103 Å². The number of esters is 3. The lowest BCUT2D eigenvalue weighted by Gasteiger charge is -2.18. The summed E-state index contributed by atoms with van der Waals surface area (Å²) in [4.78, 5) is 38.0. The Morgan fingerprint density at radius 1 is 0.309 bits per heavy atom. The molecular weight excluding hydrogens is 841 g/mol. The highest BCUT2D eigenvalue weighted by atomic mass is 16.6. The van der Waals surface area contributed by atoms with Crippen molar-refractivity contribution in [2.75, 3.05) is 13.2 Å². The van der Waals surface area contributed by atoms with Crippen LogP contribution in [0.5, 0.6) is 0 Å². The minimum atomic E-state index is -0.825. The number of rotatable bonds is 49. The zero-order chi connectivity index (χ0) is 49.3. The van der Waals surface area contributed by atoms with Crippen molar-refractivity contribution in [3.63, 3.8) is 0 Å². The first kappa shape index (κ1) is 64.1. The molecule has 0 bridgehead atoms. The SMILES string of the molecule is CC/C=C\C/C=C\C/C=C\C/C=C\C/C=C\C/C=C\CCC(=O)OC(COC(=O)CCCCCCC/C=C\CCC)COC(=O)CCCCCCCCCCC/C=C\C/C=C\CCCCCCC. The molecule has 0 amide bonds. The highest BCUT2D eigenvalue weighted by molar-refractivity contribution is 5.71. The third-order valence-electron chi connectivity index (χ3n) is 11.5. The predicted molar refractivity (Wildman–Crippen MR) is 293 cm³/mol. The minimum Gasteiger partial charge on any atom is -0.462 e. The van der Waals surface area contributed by atoms with Crippen LogP contribution in [0.25, 0.3) is 0 Å². The Bertz CT molecular complexity index is 1410. The van der Waals surface area contributed by atoms with Crippen molar-refractivity contribution in [3.8, 4) is 0 Å². The van der Waals surface area contributed by atoms with E-state index in [0.29, 0.717) is 19.3 Å². The zero-order valence-electron chi connectivity index (χ0n) is 44.1. The summed E-state index contributed by atoms with van der Waals surface area (Å²) in [6, 6.07) is 0. The van der Waals surface area contributed by atoms with Crippen LogP contribution in [0.3, 0.4) is 0 Å². The molecule has 68 heavy (non-hydrogen) atoms. The summed E-state index contributed by atoms with van der Waals surface area (Å²) in [5, 5.41) is 0. The maximum Gasteiger partial charge on any atom is 0.306 e. The van der Waals surface area contributed by atoms with Crippen LogP contribution in [0.4, 0.5) is 0 Å². The molecule has 0 rings (SSSR count). The molecular formula is C62H102O6. The molecule has 1 unspecified atom stereocenters. The lowest BCUT2D eigenvalue weighted by molar-refractivity contribution is -0.166. The first-order valence-electron chi connectivity index (χ1n) is 27.9. The summed E-state index contributed by atoms with van der Waals surface area (Å²) in [7, 11) is 0. The molecule has 0 aliphatic rings. The second-order valence-corrected chi connectivity index (χ2v) is 18.1. The summed E-state index contributed by atoms with van der Waals surface area (Å²) >= 11 is 0. The van der Waals surface area contributed by atoms with E-state index in [4.69, 9.17) is 14.2 Å². The van der Waals surface area contributed by atoms with Gasteiger partial charge in [-0.2, -0.15) is 0 Å². The Balaban J connectivity index is 4.44. The van der Waals surface area contributed by atoms with Gasteiger partial charge in [-0.25, -0.2) is 0 Å². The molecule has 386 valence electrons. The van der Waals surface area contributed by atoms with Gasteiger partial charge in [0.2, 0.25) is 0 Å². The first-order chi connectivity index (χ1) is 33.5. The third-order valence-corrected chi connectivity index (χ3v) is 11.5. The van der Waals surface area contributed by atoms with E-state index < -0.39 is 12.1 Å². The van der Waals surface area contributed by atoms with Gasteiger partial charge in [0.1, 0.15) is 13.2 Å². The van der Waals surface area contributed by atoms with E-state index in [1.165, 1.54) is 96.3 Å². The molecule has 0 heterocycles. The Morgan fingerprint density at radius 2 is 0.632 bits per heavy atom. The summed E-state index contributed by atoms with van der Waals surface area (Å²) in [5.74, 6) is -1.02. The van der Waals surface area contributed by atoms with Gasteiger partial charge in [0.05, 0.1) is 0 Å². The van der Waals surface area contributed by atoms with E-state index in [-0.39, 0.29) is 31.6 Å². The highest BCUT2D eigenvalue weighted by Gasteiger charge is 2.19. The summed E-state index contributed by atoms with van der Waals surface area (Å²) < 4.78 is 16.7. The van der Waals surface area contributed by atoms with Crippen LogP contribution in [0, 0.1) is 0 Å². The van der Waals surface area contributed by atoms with Crippen LogP contribution in [-0.4, -0.2) is 37.2 Å². The van der Waals surface area contributed by atoms with Crippen molar-refractivity contribution in [1.82, 2.24) is 0 Å². The van der Waals surface area contributed by atoms with Crippen molar-refractivity contribution >= 4 is 17.9 Å². The molecule has 1 atom stereocenters. The summed E-state index contributed by atoms with van der Waals surface area (Å²) in [5.41, 5.74) is 0. The normalized spacial score (nSPS) is 12.9. The molecule has 0 N–H and O–H groups in total. The topological polar surface area (TPSA) is 78.9 Å². The molecule has 6 nitrogen and oxygen atoms in total. The Hall–Kier alpha value is -3.93. The maximum absolute atomic E-state index is 12.8. The molecule has 0 saturated heterocycles. The number of unbranched alkanes of at least 4 members (excludes halogenated alkanes) is 20. The average Bonchev–Trinajstić information content (AvgIpc) is 3.34. The number of hydrogen-bond acceptors (Lipinski definition) is 6. The second kappa shape index (κ2) is 55.7. The highest BCUT2D eigenvalue weighted by Crippen LogP contribution is 2.14. The smallest absolute Gasteiger partial charge is 0.306 e. The fraction of sp³-hybridized carbons (Fsp3) is 0.661. The van der Waals surface area contributed by atoms with Gasteiger partial charge in [-0.1, -0.05) is 226 Å². The maximum atomic E-state index is 12.8. The molecule has 0 aromatic carbocycles. The van der Waals surface area contributed by atoms with E-state index >= 15 is 0 Å². The summed E-state index contributed by atoms with van der Waals surface area (Å²) in [6.07, 6.45) is 75.2. The number of carbonyl (C=O) groups is 3. The van der Waals surface area contributed by atoms with Crippen LogP contribution in [-0.2, 0) is 28.6 Å². The van der Waals surface area contributed by atoms with Gasteiger partial charge in [-0.3, -0.25) is 14.4 Å². The van der Waals surface area contributed by atoms with Gasteiger partial charge < -0.3 is 14.2 Å². The Kier molecular flexibility index (Phi) is 52.4. The Morgan fingerprint density at radius 3 is 1.03 bits per heavy atom. The number of hydrogen-bond donors (Lipinski definition) is 0. The van der Waals surface area contributed by atoms with Crippen LogP contribution >= 0.6 is 0 Å². The molecule has 6 heteroatoms. The lowest BCUT2D eigenvalue weighted by atomic mass is 10.1. The van der Waals surface area contributed by atoms with Gasteiger partial charge in [0.15, 0.2) is 6.10 Å². The van der Waals surface area contributed by atoms with Crippen LogP contribution < -0.4 is 0 Å². The molecule has 0 radical (unpaired) electrons. The predicted octanol–water partition coefficient (Wildman–Crippen LogP) is 18.7. The fourth-order valence-electron chi connectivity index (χ4n) is 7.32. The first-order valence-corrected chi connectivity index (χ1v) is 27.9. The monoisotopic (exact) mass is 943 g/mol. The average molecular weight is 943 g/mol. The molecule has 0 spiro atoms. The molecule has 0 fully saturated rings. The summed E-state index contributed by atoms with van der Waals surface area (Å²) in [6.45, 7) is 6.37. The quantitative estimate of drug-likeness (QED) is 0.0262. The molecule has 0 saturated carbocycles. The van der Waals surface area contributed by atoms with Crippen molar-refractivity contribution in [3.05, 3.63) is 109 Å².